The lowest BCUT2D eigenvalue weighted by atomic mass is 9.78. The van der Waals surface area contributed by atoms with Gasteiger partial charge >= 0.3 is 7.12 Å². The molecule has 2 aliphatic heterocycles. The van der Waals surface area contributed by atoms with Crippen molar-refractivity contribution in [1.82, 2.24) is 10.2 Å². The Kier molecular flexibility index (Phi) is 6.86. The number of nitrogens with one attached hydrogen (secondary N) is 1. The van der Waals surface area contributed by atoms with Crippen molar-refractivity contribution < 1.29 is 18.9 Å². The van der Waals surface area contributed by atoms with Gasteiger partial charge in [-0.2, -0.15) is 0 Å². The second-order valence-corrected chi connectivity index (χ2v) is 11.2. The number of hydrogen-bond donors (Lipinski definition) is 1. The zero-order chi connectivity index (χ0) is 26.2. The van der Waals surface area contributed by atoms with E-state index in [4.69, 9.17) is 9.31 Å². The van der Waals surface area contributed by atoms with Crippen LogP contribution in [0.2, 0.25) is 0 Å². The van der Waals surface area contributed by atoms with Gasteiger partial charge in [0, 0.05) is 25.2 Å². The number of rotatable bonds is 6. The molecule has 0 bridgehead atoms. The molecule has 0 atom stereocenters. The fourth-order valence-corrected chi connectivity index (χ4v) is 5.32. The van der Waals surface area contributed by atoms with E-state index in [0.717, 1.165) is 59.7 Å². The highest BCUT2D eigenvalue weighted by atomic mass is 16.7. The van der Waals surface area contributed by atoms with Crippen molar-refractivity contribution in [2.45, 2.75) is 64.2 Å². The third kappa shape index (κ3) is 5.03. The number of likely N-dealkylation sites (tertiary alicyclic amines) is 1. The van der Waals surface area contributed by atoms with Gasteiger partial charge in [-0.3, -0.25) is 9.59 Å². The number of amides is 2. The number of hydrogen-bond acceptors (Lipinski definition) is 4. The van der Waals surface area contributed by atoms with Crippen LogP contribution in [-0.2, 0) is 20.6 Å². The minimum Gasteiger partial charge on any atom is -0.399 e. The van der Waals surface area contributed by atoms with Gasteiger partial charge in [0.25, 0.3) is 5.91 Å². The van der Waals surface area contributed by atoms with E-state index in [1.165, 1.54) is 5.56 Å². The molecular weight excluding hydrogens is 463 g/mol. The molecule has 5 rings (SSSR count). The van der Waals surface area contributed by atoms with E-state index in [1.807, 2.05) is 47.4 Å². The zero-order valence-corrected chi connectivity index (χ0v) is 22.1. The van der Waals surface area contributed by atoms with E-state index in [-0.39, 0.29) is 5.91 Å². The highest BCUT2D eigenvalue weighted by Crippen LogP contribution is 2.37. The second-order valence-electron chi connectivity index (χ2n) is 11.2. The second kappa shape index (κ2) is 9.95. The Morgan fingerprint density at radius 1 is 1.00 bits per heavy atom. The first-order chi connectivity index (χ1) is 17.7. The average Bonchev–Trinajstić information content (AvgIpc) is 3.13. The van der Waals surface area contributed by atoms with Gasteiger partial charge in [0.15, 0.2) is 0 Å². The molecule has 0 saturated carbocycles. The summed E-state index contributed by atoms with van der Waals surface area (Å²) >= 11 is 0. The Morgan fingerprint density at radius 3 is 2.41 bits per heavy atom. The van der Waals surface area contributed by atoms with Crippen molar-refractivity contribution in [2.24, 2.45) is 0 Å². The molecule has 0 radical (unpaired) electrons. The molecule has 192 valence electrons. The minimum atomic E-state index is -0.430. The maximum absolute atomic E-state index is 13.6. The van der Waals surface area contributed by atoms with Crippen LogP contribution in [0.4, 0.5) is 0 Å². The van der Waals surface area contributed by atoms with Crippen LogP contribution >= 0.6 is 0 Å². The van der Waals surface area contributed by atoms with Crippen molar-refractivity contribution in [3.8, 4) is 0 Å². The van der Waals surface area contributed by atoms with Crippen LogP contribution in [0.5, 0.6) is 0 Å². The van der Waals surface area contributed by atoms with E-state index in [1.54, 1.807) is 0 Å². The first-order valence-corrected chi connectivity index (χ1v) is 13.1. The van der Waals surface area contributed by atoms with Crippen molar-refractivity contribution in [3.63, 3.8) is 0 Å². The van der Waals surface area contributed by atoms with Gasteiger partial charge in [-0.15, -0.1) is 0 Å². The first kappa shape index (κ1) is 25.5. The molecule has 0 spiro atoms. The zero-order valence-electron chi connectivity index (χ0n) is 22.1. The summed E-state index contributed by atoms with van der Waals surface area (Å²) in [6.45, 7) is 10.2. The number of fused-ring (bicyclic) bond motifs is 1. The van der Waals surface area contributed by atoms with Crippen LogP contribution in [-0.4, -0.2) is 48.6 Å². The third-order valence-electron chi connectivity index (χ3n) is 8.25. The summed E-state index contributed by atoms with van der Waals surface area (Å²) < 4.78 is 12.5. The smallest absolute Gasteiger partial charge is 0.399 e. The molecule has 2 aliphatic rings. The van der Waals surface area contributed by atoms with Gasteiger partial charge in [-0.1, -0.05) is 54.6 Å². The van der Waals surface area contributed by atoms with Crippen molar-refractivity contribution in [1.29, 1.82) is 0 Å². The van der Waals surface area contributed by atoms with Crippen LogP contribution < -0.4 is 10.8 Å². The van der Waals surface area contributed by atoms with Gasteiger partial charge in [0.05, 0.1) is 11.2 Å². The van der Waals surface area contributed by atoms with Gasteiger partial charge in [0.1, 0.15) is 0 Å². The minimum absolute atomic E-state index is 0.0800. The number of piperidine rings is 1. The molecule has 6 nitrogen and oxygen atoms in total. The van der Waals surface area contributed by atoms with Crippen LogP contribution in [0.15, 0.2) is 60.7 Å². The molecule has 1 N–H and O–H groups in total. The van der Waals surface area contributed by atoms with Gasteiger partial charge in [0.2, 0.25) is 6.41 Å². The molecule has 2 fully saturated rings. The molecule has 0 aromatic heterocycles. The predicted octanol–water partition coefficient (Wildman–Crippen LogP) is 4.40. The van der Waals surface area contributed by atoms with Gasteiger partial charge in [-0.25, -0.2) is 0 Å². The maximum atomic E-state index is 13.6. The quantitative estimate of drug-likeness (QED) is 0.404. The Balaban J connectivity index is 1.29. The average molecular weight is 498 g/mol. The molecule has 7 heteroatoms. The molecule has 2 amide bonds. The summed E-state index contributed by atoms with van der Waals surface area (Å²) in [5.41, 5.74) is 3.27. The van der Waals surface area contributed by atoms with Crippen LogP contribution in [0.25, 0.3) is 10.8 Å². The molecule has 2 heterocycles. The number of nitrogens with zero attached hydrogens (tertiary/aromatic N) is 1. The lowest BCUT2D eigenvalue weighted by molar-refractivity contribution is -0.109. The van der Waals surface area contributed by atoms with E-state index >= 15 is 0 Å². The van der Waals surface area contributed by atoms with Crippen molar-refractivity contribution >= 4 is 35.7 Å². The summed E-state index contributed by atoms with van der Waals surface area (Å²) in [6.07, 6.45) is 2.57. The maximum Gasteiger partial charge on any atom is 0.494 e. The standard InChI is InChI=1S/C30H35BN2O4/c1-29(2)30(3,4)37-31(36-29)25-11-12-26-24(18-25)9-6-10-27(26)28(35)33-15-13-22(14-16-33)23-8-5-7-21(17-23)19-32-20-34/h5-12,17-18,20,22H,13-16,19H2,1-4H3,(H,32,34). The van der Waals surface area contributed by atoms with Crippen molar-refractivity contribution in [3.05, 3.63) is 77.4 Å². The molecule has 37 heavy (non-hydrogen) atoms. The van der Waals surface area contributed by atoms with Gasteiger partial charge < -0.3 is 19.5 Å². The molecular formula is C30H35BN2O4. The van der Waals surface area contributed by atoms with E-state index in [9.17, 15) is 9.59 Å². The van der Waals surface area contributed by atoms with E-state index in [0.29, 0.717) is 12.5 Å². The van der Waals surface area contributed by atoms with Crippen LogP contribution in [0.1, 0.15) is 67.9 Å². The Labute approximate surface area is 219 Å². The summed E-state index contributed by atoms with van der Waals surface area (Å²) in [5, 5.41) is 4.69. The van der Waals surface area contributed by atoms with E-state index < -0.39 is 18.3 Å². The summed E-state index contributed by atoms with van der Waals surface area (Å²) in [4.78, 5) is 26.2. The molecule has 0 aliphatic carbocycles. The SMILES string of the molecule is CC1(C)OB(c2ccc3c(C(=O)N4CCC(c5cccc(CNC=O)c5)CC4)cccc3c2)OC1(C)C. The normalized spacial score (nSPS) is 19.2. The predicted molar refractivity (Wildman–Crippen MR) is 147 cm³/mol. The molecule has 3 aromatic carbocycles. The summed E-state index contributed by atoms with van der Waals surface area (Å²) in [7, 11) is -0.430. The lowest BCUT2D eigenvalue weighted by Crippen LogP contribution is -2.41. The summed E-state index contributed by atoms with van der Waals surface area (Å²) in [5.74, 6) is 0.492. The monoisotopic (exact) mass is 498 g/mol. The third-order valence-corrected chi connectivity index (χ3v) is 8.25. The lowest BCUT2D eigenvalue weighted by Gasteiger charge is -2.32. The Morgan fingerprint density at radius 2 is 1.70 bits per heavy atom. The van der Waals surface area contributed by atoms with Crippen LogP contribution in [0.3, 0.4) is 0 Å². The first-order valence-electron chi connectivity index (χ1n) is 13.1. The summed E-state index contributed by atoms with van der Waals surface area (Å²) in [6, 6.07) is 20.4. The van der Waals surface area contributed by atoms with E-state index in [2.05, 4.69) is 51.2 Å². The highest BCUT2D eigenvalue weighted by molar-refractivity contribution is 6.62. The largest absolute Gasteiger partial charge is 0.494 e. The van der Waals surface area contributed by atoms with Crippen molar-refractivity contribution in [2.75, 3.05) is 13.1 Å². The highest BCUT2D eigenvalue weighted by Gasteiger charge is 2.51. The molecule has 2 saturated heterocycles. The number of carbonyl (C=O) groups excluding carboxylic acids is 2. The molecule has 3 aromatic rings. The molecule has 0 unspecified atom stereocenters. The Hall–Kier alpha value is -3.16. The number of carbonyl (C=O) groups is 2. The van der Waals surface area contributed by atoms with Crippen LogP contribution in [0, 0.1) is 0 Å². The number of benzene rings is 3. The fraction of sp³-hybridized carbons (Fsp3) is 0.400. The van der Waals surface area contributed by atoms with Gasteiger partial charge in [-0.05, 0) is 79.9 Å². The Bertz CT molecular complexity index is 1300. The fourth-order valence-electron chi connectivity index (χ4n) is 5.32. The topological polar surface area (TPSA) is 67.9 Å².